The summed E-state index contributed by atoms with van der Waals surface area (Å²) in [4.78, 5) is 35.1. The van der Waals surface area contributed by atoms with Crippen molar-refractivity contribution in [3.63, 3.8) is 0 Å². The van der Waals surface area contributed by atoms with Crippen LogP contribution in [0.4, 0.5) is 11.6 Å². The van der Waals surface area contributed by atoms with E-state index >= 15 is 0 Å². The third-order valence-electron chi connectivity index (χ3n) is 4.72. The number of benzene rings is 1. The van der Waals surface area contributed by atoms with Crippen molar-refractivity contribution in [1.82, 2.24) is 20.2 Å². The summed E-state index contributed by atoms with van der Waals surface area (Å²) in [5, 5.41) is 6.05. The molecule has 0 bridgehead atoms. The smallest absolute Gasteiger partial charge is 0.289 e. The van der Waals surface area contributed by atoms with Crippen molar-refractivity contribution >= 4 is 23.5 Å². The largest absolute Gasteiger partial charge is 0.459 e. The van der Waals surface area contributed by atoms with Crippen LogP contribution in [0.25, 0.3) is 0 Å². The number of para-hydroxylation sites is 1. The van der Waals surface area contributed by atoms with E-state index < -0.39 is 0 Å². The highest BCUT2D eigenvalue weighted by atomic mass is 16.3. The number of piperidine rings is 1. The standard InChI is InChI=1S/C21H21N5O3/c27-19(15-12-22-21(23-13-15)25-16-6-2-1-3-7-16)24-17-8-4-10-26(14-17)20(28)18-9-5-11-29-18/h1-3,5-7,9,11-13,17H,4,8,10,14H2,(H,24,27)(H,22,23,25)/t17-/m0/s1. The molecule has 0 radical (unpaired) electrons. The number of likely N-dealkylation sites (tertiary alicyclic amines) is 1. The van der Waals surface area contributed by atoms with Crippen LogP contribution >= 0.6 is 0 Å². The van der Waals surface area contributed by atoms with Crippen molar-refractivity contribution in [2.24, 2.45) is 0 Å². The Morgan fingerprint density at radius 3 is 2.59 bits per heavy atom. The monoisotopic (exact) mass is 391 g/mol. The second-order valence-electron chi connectivity index (χ2n) is 6.83. The lowest BCUT2D eigenvalue weighted by Gasteiger charge is -2.32. The topological polar surface area (TPSA) is 100 Å². The van der Waals surface area contributed by atoms with Crippen LogP contribution in [0.3, 0.4) is 0 Å². The fourth-order valence-corrected chi connectivity index (χ4v) is 3.26. The molecule has 2 amide bonds. The lowest BCUT2D eigenvalue weighted by Crippen LogP contribution is -2.49. The number of nitrogens with zero attached hydrogens (tertiary/aromatic N) is 3. The molecule has 0 unspecified atom stereocenters. The van der Waals surface area contributed by atoms with Crippen molar-refractivity contribution in [2.75, 3.05) is 18.4 Å². The number of carbonyl (C=O) groups excluding carboxylic acids is 2. The lowest BCUT2D eigenvalue weighted by molar-refractivity contribution is 0.0647. The van der Waals surface area contributed by atoms with Crippen molar-refractivity contribution in [3.05, 3.63) is 72.4 Å². The Labute approximate surface area is 168 Å². The zero-order valence-corrected chi connectivity index (χ0v) is 15.7. The number of hydrogen-bond donors (Lipinski definition) is 2. The Balaban J connectivity index is 1.34. The first-order chi connectivity index (χ1) is 14.2. The van der Waals surface area contributed by atoms with E-state index in [1.165, 1.54) is 18.7 Å². The molecule has 1 atom stereocenters. The van der Waals surface area contributed by atoms with Gasteiger partial charge in [-0.2, -0.15) is 0 Å². The van der Waals surface area contributed by atoms with Gasteiger partial charge in [-0.25, -0.2) is 9.97 Å². The molecular formula is C21H21N5O3. The number of nitrogens with one attached hydrogen (secondary N) is 2. The maximum Gasteiger partial charge on any atom is 0.289 e. The van der Waals surface area contributed by atoms with E-state index in [9.17, 15) is 9.59 Å². The third-order valence-corrected chi connectivity index (χ3v) is 4.72. The summed E-state index contributed by atoms with van der Waals surface area (Å²) in [6.45, 7) is 1.09. The first-order valence-electron chi connectivity index (χ1n) is 9.47. The Morgan fingerprint density at radius 2 is 1.86 bits per heavy atom. The number of aromatic nitrogens is 2. The first kappa shape index (κ1) is 18.7. The normalized spacial score (nSPS) is 16.3. The van der Waals surface area contributed by atoms with Gasteiger partial charge in [-0.15, -0.1) is 0 Å². The molecule has 8 nitrogen and oxygen atoms in total. The number of furan rings is 1. The second-order valence-corrected chi connectivity index (χ2v) is 6.83. The Bertz CT molecular complexity index is 958. The van der Waals surface area contributed by atoms with Gasteiger partial charge in [-0.1, -0.05) is 18.2 Å². The van der Waals surface area contributed by atoms with E-state index in [-0.39, 0.29) is 17.9 Å². The summed E-state index contributed by atoms with van der Waals surface area (Å²) in [5.41, 5.74) is 1.24. The highest BCUT2D eigenvalue weighted by Crippen LogP contribution is 2.15. The fraction of sp³-hybridized carbons (Fsp3) is 0.238. The molecule has 29 heavy (non-hydrogen) atoms. The lowest BCUT2D eigenvalue weighted by atomic mass is 10.0. The van der Waals surface area contributed by atoms with Gasteiger partial charge in [0.2, 0.25) is 5.95 Å². The Kier molecular flexibility index (Phi) is 5.51. The molecule has 1 aromatic carbocycles. The van der Waals surface area contributed by atoms with Gasteiger partial charge in [0, 0.05) is 37.2 Å². The van der Waals surface area contributed by atoms with E-state index in [0.717, 1.165) is 18.5 Å². The van der Waals surface area contributed by atoms with Gasteiger partial charge in [-0.05, 0) is 37.1 Å². The van der Waals surface area contributed by atoms with Crippen LogP contribution in [0, 0.1) is 0 Å². The van der Waals surface area contributed by atoms with Crippen LogP contribution in [0.2, 0.25) is 0 Å². The molecule has 4 rings (SSSR count). The minimum absolute atomic E-state index is 0.128. The van der Waals surface area contributed by atoms with E-state index in [1.807, 2.05) is 30.3 Å². The number of hydrogen-bond acceptors (Lipinski definition) is 6. The predicted molar refractivity (Wildman–Crippen MR) is 107 cm³/mol. The van der Waals surface area contributed by atoms with Crippen LogP contribution in [0.15, 0.2) is 65.5 Å². The first-order valence-corrected chi connectivity index (χ1v) is 9.47. The van der Waals surface area contributed by atoms with Crippen LogP contribution in [-0.2, 0) is 0 Å². The Morgan fingerprint density at radius 1 is 1.07 bits per heavy atom. The summed E-state index contributed by atoms with van der Waals surface area (Å²) in [5.74, 6) is 0.315. The van der Waals surface area contributed by atoms with Crippen LogP contribution in [-0.4, -0.2) is 45.8 Å². The number of rotatable bonds is 5. The van der Waals surface area contributed by atoms with Gasteiger partial charge in [-0.3, -0.25) is 9.59 Å². The minimum atomic E-state index is -0.256. The number of carbonyl (C=O) groups is 2. The minimum Gasteiger partial charge on any atom is -0.459 e. The molecular weight excluding hydrogens is 370 g/mol. The molecule has 0 spiro atoms. The maximum atomic E-state index is 12.6. The molecule has 2 N–H and O–H groups in total. The predicted octanol–water partition coefficient (Wildman–Crippen LogP) is 2.85. The molecule has 8 heteroatoms. The van der Waals surface area contributed by atoms with Gasteiger partial charge in [0.15, 0.2) is 5.76 Å². The van der Waals surface area contributed by atoms with Crippen molar-refractivity contribution < 1.29 is 14.0 Å². The molecule has 1 saturated heterocycles. The highest BCUT2D eigenvalue weighted by molar-refractivity contribution is 5.94. The van der Waals surface area contributed by atoms with E-state index in [2.05, 4.69) is 20.6 Å². The van der Waals surface area contributed by atoms with Gasteiger partial charge in [0.05, 0.1) is 11.8 Å². The molecule has 1 aliphatic rings. The quantitative estimate of drug-likeness (QED) is 0.694. The Hall–Kier alpha value is -3.68. The molecule has 2 aromatic heterocycles. The summed E-state index contributed by atoms with van der Waals surface area (Å²) < 4.78 is 5.19. The molecule has 0 aliphatic carbocycles. The summed E-state index contributed by atoms with van der Waals surface area (Å²) in [6.07, 6.45) is 6.08. The van der Waals surface area contributed by atoms with E-state index in [1.54, 1.807) is 17.0 Å². The fourth-order valence-electron chi connectivity index (χ4n) is 3.26. The van der Waals surface area contributed by atoms with Crippen LogP contribution in [0.5, 0.6) is 0 Å². The molecule has 3 aromatic rings. The van der Waals surface area contributed by atoms with Crippen molar-refractivity contribution in [1.29, 1.82) is 0 Å². The second kappa shape index (κ2) is 8.55. The van der Waals surface area contributed by atoms with Crippen molar-refractivity contribution in [2.45, 2.75) is 18.9 Å². The van der Waals surface area contributed by atoms with Gasteiger partial charge >= 0.3 is 0 Å². The van der Waals surface area contributed by atoms with Crippen LogP contribution < -0.4 is 10.6 Å². The highest BCUT2D eigenvalue weighted by Gasteiger charge is 2.27. The summed E-state index contributed by atoms with van der Waals surface area (Å²) in [6, 6.07) is 12.8. The van der Waals surface area contributed by atoms with Crippen LogP contribution in [0.1, 0.15) is 33.8 Å². The van der Waals surface area contributed by atoms with E-state index in [0.29, 0.717) is 30.4 Å². The molecule has 3 heterocycles. The zero-order valence-electron chi connectivity index (χ0n) is 15.7. The SMILES string of the molecule is O=C(N[C@H]1CCCN(C(=O)c2ccco2)C1)c1cnc(Nc2ccccc2)nc1. The third kappa shape index (κ3) is 4.60. The summed E-state index contributed by atoms with van der Waals surface area (Å²) in [7, 11) is 0. The molecule has 1 fully saturated rings. The average molecular weight is 391 g/mol. The van der Waals surface area contributed by atoms with Gasteiger partial charge in [0.25, 0.3) is 11.8 Å². The molecule has 0 saturated carbocycles. The molecule has 148 valence electrons. The number of amides is 2. The zero-order chi connectivity index (χ0) is 20.1. The maximum absolute atomic E-state index is 12.6. The van der Waals surface area contributed by atoms with E-state index in [4.69, 9.17) is 4.42 Å². The van der Waals surface area contributed by atoms with Gasteiger partial charge in [0.1, 0.15) is 0 Å². The van der Waals surface area contributed by atoms with Crippen molar-refractivity contribution in [3.8, 4) is 0 Å². The van der Waals surface area contributed by atoms with Gasteiger partial charge < -0.3 is 20.0 Å². The molecule has 1 aliphatic heterocycles. The average Bonchev–Trinajstić information content (AvgIpc) is 3.29. The number of anilines is 2. The summed E-state index contributed by atoms with van der Waals surface area (Å²) >= 11 is 0.